The fourth-order valence-corrected chi connectivity index (χ4v) is 3.08. The first-order valence-corrected chi connectivity index (χ1v) is 8.28. The molecule has 0 spiro atoms. The van der Waals surface area contributed by atoms with E-state index in [2.05, 4.69) is 26.0 Å². The summed E-state index contributed by atoms with van der Waals surface area (Å²) in [7, 11) is 1.89. The Morgan fingerprint density at radius 3 is 3.00 bits per heavy atom. The molecule has 1 aliphatic rings. The summed E-state index contributed by atoms with van der Waals surface area (Å²) in [5.41, 5.74) is 2.09. The molecule has 0 radical (unpaired) electrons. The Hall–Kier alpha value is -2.41. The molecule has 128 valence electrons. The summed E-state index contributed by atoms with van der Waals surface area (Å²) >= 11 is 0. The van der Waals surface area contributed by atoms with Gasteiger partial charge in [0.05, 0.1) is 12.1 Å². The van der Waals surface area contributed by atoms with Gasteiger partial charge in [0, 0.05) is 51.0 Å². The number of nitrogens with one attached hydrogen (secondary N) is 3. The Morgan fingerprint density at radius 2 is 2.25 bits per heavy atom. The van der Waals surface area contributed by atoms with Crippen LogP contribution in [-0.2, 0) is 11.8 Å². The average molecular weight is 328 g/mol. The molecule has 3 N–H and O–H groups in total. The van der Waals surface area contributed by atoms with Crippen LogP contribution in [0.4, 0.5) is 5.82 Å². The molecule has 3 rings (SSSR count). The molecular formula is C17H24N6O. The van der Waals surface area contributed by atoms with Gasteiger partial charge in [-0.3, -0.25) is 9.48 Å². The molecule has 0 aromatic carbocycles. The SMILES string of the molecule is Cc1cccc(NCCNC(=O)[C@H]2CNC[C@@H]2c2cnn(C)c2)n1. The summed E-state index contributed by atoms with van der Waals surface area (Å²) in [4.78, 5) is 16.9. The zero-order valence-corrected chi connectivity index (χ0v) is 14.1. The second kappa shape index (κ2) is 7.44. The third kappa shape index (κ3) is 3.91. The van der Waals surface area contributed by atoms with Gasteiger partial charge in [0.15, 0.2) is 0 Å². The number of anilines is 1. The lowest BCUT2D eigenvalue weighted by molar-refractivity contribution is -0.124. The molecule has 3 heterocycles. The van der Waals surface area contributed by atoms with E-state index in [0.717, 1.165) is 23.6 Å². The maximum Gasteiger partial charge on any atom is 0.225 e. The molecule has 2 atom stereocenters. The molecule has 1 saturated heterocycles. The highest BCUT2D eigenvalue weighted by atomic mass is 16.1. The number of carbonyl (C=O) groups excluding carboxylic acids is 1. The maximum absolute atomic E-state index is 12.5. The van der Waals surface area contributed by atoms with Crippen LogP contribution >= 0.6 is 0 Å². The molecule has 0 unspecified atom stereocenters. The van der Waals surface area contributed by atoms with E-state index >= 15 is 0 Å². The van der Waals surface area contributed by atoms with Gasteiger partial charge in [0.25, 0.3) is 0 Å². The van der Waals surface area contributed by atoms with Crippen molar-refractivity contribution in [3.8, 4) is 0 Å². The standard InChI is InChI=1S/C17H24N6O/c1-12-4-3-5-16(22-12)19-6-7-20-17(24)15-10-18-9-14(15)13-8-21-23(2)11-13/h3-5,8,11,14-15,18H,6-7,9-10H2,1-2H3,(H,19,22)(H,20,24)/t14-,15+/m1/s1. The zero-order chi connectivity index (χ0) is 16.9. The first-order chi connectivity index (χ1) is 11.6. The maximum atomic E-state index is 12.5. The van der Waals surface area contributed by atoms with Gasteiger partial charge >= 0.3 is 0 Å². The summed E-state index contributed by atoms with van der Waals surface area (Å²) in [5.74, 6) is 1.06. The van der Waals surface area contributed by atoms with E-state index in [4.69, 9.17) is 0 Å². The second-order valence-corrected chi connectivity index (χ2v) is 6.20. The van der Waals surface area contributed by atoms with E-state index in [1.807, 2.05) is 44.6 Å². The van der Waals surface area contributed by atoms with E-state index in [0.29, 0.717) is 19.6 Å². The van der Waals surface area contributed by atoms with Crippen molar-refractivity contribution in [3.63, 3.8) is 0 Å². The highest BCUT2D eigenvalue weighted by Crippen LogP contribution is 2.27. The Labute approximate surface area is 141 Å². The van der Waals surface area contributed by atoms with Crippen molar-refractivity contribution >= 4 is 11.7 Å². The number of nitrogens with zero attached hydrogens (tertiary/aromatic N) is 3. The lowest BCUT2D eigenvalue weighted by Gasteiger charge is -2.17. The molecule has 7 nitrogen and oxygen atoms in total. The van der Waals surface area contributed by atoms with Crippen LogP contribution < -0.4 is 16.0 Å². The second-order valence-electron chi connectivity index (χ2n) is 6.20. The van der Waals surface area contributed by atoms with Gasteiger partial charge in [-0.05, 0) is 24.6 Å². The van der Waals surface area contributed by atoms with E-state index in [1.165, 1.54) is 0 Å². The van der Waals surface area contributed by atoms with Gasteiger partial charge in [0.2, 0.25) is 5.91 Å². The Balaban J connectivity index is 1.47. The number of pyridine rings is 1. The Kier molecular flexibility index (Phi) is 5.10. The number of aryl methyl sites for hydroxylation is 2. The minimum Gasteiger partial charge on any atom is -0.368 e. The fraction of sp³-hybridized carbons (Fsp3) is 0.471. The fourth-order valence-electron chi connectivity index (χ4n) is 3.08. The molecule has 24 heavy (non-hydrogen) atoms. The van der Waals surface area contributed by atoms with E-state index in [-0.39, 0.29) is 17.7 Å². The number of aromatic nitrogens is 3. The van der Waals surface area contributed by atoms with Gasteiger partial charge in [-0.15, -0.1) is 0 Å². The minimum absolute atomic E-state index is 0.0497. The van der Waals surface area contributed by atoms with Crippen LogP contribution in [0, 0.1) is 12.8 Å². The van der Waals surface area contributed by atoms with Crippen molar-refractivity contribution in [2.75, 3.05) is 31.5 Å². The molecule has 0 bridgehead atoms. The third-order valence-corrected chi connectivity index (χ3v) is 4.32. The average Bonchev–Trinajstić information content (AvgIpc) is 3.20. The molecule has 0 aliphatic carbocycles. The first-order valence-electron chi connectivity index (χ1n) is 8.28. The van der Waals surface area contributed by atoms with Crippen LogP contribution in [0.1, 0.15) is 17.2 Å². The molecule has 1 amide bonds. The van der Waals surface area contributed by atoms with Crippen molar-refractivity contribution in [1.82, 2.24) is 25.4 Å². The van der Waals surface area contributed by atoms with Crippen LogP contribution in [0.25, 0.3) is 0 Å². The van der Waals surface area contributed by atoms with Crippen LogP contribution in [0.3, 0.4) is 0 Å². The largest absolute Gasteiger partial charge is 0.368 e. The summed E-state index contributed by atoms with van der Waals surface area (Å²) in [5, 5.41) is 13.8. The molecule has 0 saturated carbocycles. The predicted molar refractivity (Wildman–Crippen MR) is 92.8 cm³/mol. The highest BCUT2D eigenvalue weighted by molar-refractivity contribution is 5.80. The van der Waals surface area contributed by atoms with Crippen molar-refractivity contribution < 1.29 is 4.79 Å². The number of amides is 1. The van der Waals surface area contributed by atoms with Gasteiger partial charge in [-0.1, -0.05) is 6.07 Å². The zero-order valence-electron chi connectivity index (χ0n) is 14.1. The van der Waals surface area contributed by atoms with Crippen LogP contribution in [0.5, 0.6) is 0 Å². The number of carbonyl (C=O) groups is 1. The highest BCUT2D eigenvalue weighted by Gasteiger charge is 2.34. The van der Waals surface area contributed by atoms with E-state index in [1.54, 1.807) is 4.68 Å². The number of hydrogen-bond acceptors (Lipinski definition) is 5. The summed E-state index contributed by atoms with van der Waals surface area (Å²) in [6, 6.07) is 5.85. The lowest BCUT2D eigenvalue weighted by Crippen LogP contribution is -2.36. The number of rotatable bonds is 6. The van der Waals surface area contributed by atoms with Crippen LogP contribution in [-0.4, -0.2) is 46.9 Å². The Bertz CT molecular complexity index is 698. The van der Waals surface area contributed by atoms with E-state index < -0.39 is 0 Å². The van der Waals surface area contributed by atoms with Gasteiger partial charge in [-0.2, -0.15) is 5.10 Å². The number of hydrogen-bond donors (Lipinski definition) is 3. The normalized spacial score (nSPS) is 20.1. The first kappa shape index (κ1) is 16.4. The van der Waals surface area contributed by atoms with Crippen LogP contribution in [0.15, 0.2) is 30.6 Å². The topological polar surface area (TPSA) is 83.9 Å². The molecule has 1 fully saturated rings. The summed E-state index contributed by atoms with van der Waals surface area (Å²) in [6.07, 6.45) is 3.84. The molecule has 2 aromatic heterocycles. The molecule has 2 aromatic rings. The van der Waals surface area contributed by atoms with Gasteiger partial charge < -0.3 is 16.0 Å². The van der Waals surface area contributed by atoms with Crippen molar-refractivity contribution in [3.05, 3.63) is 41.9 Å². The quantitative estimate of drug-likeness (QED) is 0.678. The Morgan fingerprint density at radius 1 is 1.38 bits per heavy atom. The van der Waals surface area contributed by atoms with Crippen LogP contribution in [0.2, 0.25) is 0 Å². The van der Waals surface area contributed by atoms with Gasteiger partial charge in [-0.25, -0.2) is 4.98 Å². The third-order valence-electron chi connectivity index (χ3n) is 4.32. The van der Waals surface area contributed by atoms with Gasteiger partial charge in [0.1, 0.15) is 5.82 Å². The summed E-state index contributed by atoms with van der Waals surface area (Å²) < 4.78 is 1.78. The smallest absolute Gasteiger partial charge is 0.225 e. The van der Waals surface area contributed by atoms with E-state index in [9.17, 15) is 4.79 Å². The van der Waals surface area contributed by atoms with Crippen molar-refractivity contribution in [1.29, 1.82) is 0 Å². The molecule has 1 aliphatic heterocycles. The molecular weight excluding hydrogens is 304 g/mol. The summed E-state index contributed by atoms with van der Waals surface area (Å²) in [6.45, 7) is 4.71. The minimum atomic E-state index is -0.0497. The van der Waals surface area contributed by atoms with Crippen molar-refractivity contribution in [2.24, 2.45) is 13.0 Å². The van der Waals surface area contributed by atoms with Crippen molar-refractivity contribution in [2.45, 2.75) is 12.8 Å². The predicted octanol–water partition coefficient (Wildman–Crippen LogP) is 0.655. The monoisotopic (exact) mass is 328 g/mol. The lowest BCUT2D eigenvalue weighted by atomic mass is 9.90. The molecule has 7 heteroatoms.